The number of sulfonamides is 1. The van der Waals surface area contributed by atoms with Crippen LogP contribution in [0.3, 0.4) is 0 Å². The van der Waals surface area contributed by atoms with Crippen LogP contribution in [0.4, 0.5) is 10.1 Å². The summed E-state index contributed by atoms with van der Waals surface area (Å²) in [6.45, 7) is 7.18. The molecule has 4 rings (SSSR count). The van der Waals surface area contributed by atoms with Crippen LogP contribution >= 0.6 is 0 Å². The second kappa shape index (κ2) is 9.76. The van der Waals surface area contributed by atoms with E-state index in [-0.39, 0.29) is 33.4 Å². The number of benzene rings is 2. The number of carbonyl (C=O) groups is 1. The summed E-state index contributed by atoms with van der Waals surface area (Å²) in [5, 5.41) is 9.83. The van der Waals surface area contributed by atoms with Gasteiger partial charge in [0.2, 0.25) is 0 Å². The van der Waals surface area contributed by atoms with E-state index in [1.807, 2.05) is 6.08 Å². The fraction of sp³-hybridized carbons (Fsp3) is 0.400. The Bertz CT molecular complexity index is 1220. The minimum atomic E-state index is -4.21. The number of aromatic carboxylic acids is 1. The molecule has 0 aromatic heterocycles. The van der Waals surface area contributed by atoms with Gasteiger partial charge in [-0.25, -0.2) is 17.6 Å². The Morgan fingerprint density at radius 1 is 1.26 bits per heavy atom. The van der Waals surface area contributed by atoms with Crippen molar-refractivity contribution in [3.8, 4) is 5.75 Å². The number of anilines is 1. The Hall–Kier alpha value is -2.91. The maximum atomic E-state index is 14.0. The van der Waals surface area contributed by atoms with E-state index in [1.54, 1.807) is 12.1 Å². The SMILES string of the molecule is CCN(CC)CCC=Cc1cc(F)ccc1S(=O)(=O)Nc1ccc2c(c1C(=O)O)OC[C@@H]1C[C@H]21. The topological polar surface area (TPSA) is 95.9 Å². The molecule has 182 valence electrons. The van der Waals surface area contributed by atoms with Crippen molar-refractivity contribution in [1.29, 1.82) is 0 Å². The van der Waals surface area contributed by atoms with E-state index >= 15 is 0 Å². The first kappa shape index (κ1) is 24.2. The molecule has 1 heterocycles. The van der Waals surface area contributed by atoms with Gasteiger partial charge in [-0.05, 0) is 67.2 Å². The molecule has 0 bridgehead atoms. The van der Waals surface area contributed by atoms with Crippen LogP contribution in [0.15, 0.2) is 41.3 Å². The number of nitrogens with zero attached hydrogens (tertiary/aromatic N) is 1. The Balaban J connectivity index is 1.63. The molecule has 0 amide bonds. The van der Waals surface area contributed by atoms with E-state index in [1.165, 1.54) is 12.1 Å². The lowest BCUT2D eigenvalue weighted by Crippen LogP contribution is -2.23. The molecular formula is C25H29FN2O5S. The van der Waals surface area contributed by atoms with Gasteiger partial charge in [0.1, 0.15) is 17.1 Å². The number of hydrogen-bond acceptors (Lipinski definition) is 5. The average molecular weight is 489 g/mol. The molecule has 9 heteroatoms. The number of carboxylic acids is 1. The molecule has 0 saturated heterocycles. The Morgan fingerprint density at radius 3 is 2.74 bits per heavy atom. The molecule has 1 saturated carbocycles. The van der Waals surface area contributed by atoms with Crippen LogP contribution in [0, 0.1) is 11.7 Å². The third-order valence-electron chi connectivity index (χ3n) is 6.48. The number of nitrogens with one attached hydrogen (secondary N) is 1. The second-order valence-electron chi connectivity index (χ2n) is 8.63. The Kier molecular flexibility index (Phi) is 6.95. The number of halogens is 1. The van der Waals surface area contributed by atoms with E-state index in [9.17, 15) is 22.7 Å². The first-order chi connectivity index (χ1) is 16.2. The Labute approximate surface area is 199 Å². The summed E-state index contributed by atoms with van der Waals surface area (Å²) in [4.78, 5) is 14.1. The van der Waals surface area contributed by atoms with E-state index in [4.69, 9.17) is 4.74 Å². The molecule has 1 aliphatic heterocycles. The van der Waals surface area contributed by atoms with Gasteiger partial charge in [0.15, 0.2) is 0 Å². The van der Waals surface area contributed by atoms with Crippen molar-refractivity contribution < 1.29 is 27.4 Å². The monoisotopic (exact) mass is 488 g/mol. The van der Waals surface area contributed by atoms with Crippen molar-refractivity contribution >= 4 is 27.8 Å². The molecule has 0 spiro atoms. The Morgan fingerprint density at radius 2 is 2.03 bits per heavy atom. The second-order valence-corrected chi connectivity index (χ2v) is 10.3. The molecule has 1 aliphatic carbocycles. The molecule has 2 atom stereocenters. The molecular weight excluding hydrogens is 459 g/mol. The third-order valence-corrected chi connectivity index (χ3v) is 7.91. The van der Waals surface area contributed by atoms with Crippen LogP contribution in [-0.4, -0.2) is 50.6 Å². The molecule has 0 radical (unpaired) electrons. The van der Waals surface area contributed by atoms with Crippen LogP contribution < -0.4 is 9.46 Å². The number of hydrogen-bond donors (Lipinski definition) is 2. The van der Waals surface area contributed by atoms with Gasteiger partial charge in [-0.1, -0.05) is 32.1 Å². The highest BCUT2D eigenvalue weighted by atomic mass is 32.2. The highest BCUT2D eigenvalue weighted by molar-refractivity contribution is 7.92. The van der Waals surface area contributed by atoms with Gasteiger partial charge in [0.25, 0.3) is 10.0 Å². The predicted molar refractivity (Wildman–Crippen MR) is 128 cm³/mol. The minimum absolute atomic E-state index is 0.0777. The van der Waals surface area contributed by atoms with Crippen molar-refractivity contribution in [1.82, 2.24) is 4.90 Å². The summed E-state index contributed by atoms with van der Waals surface area (Å²) >= 11 is 0. The molecule has 2 aromatic rings. The van der Waals surface area contributed by atoms with Gasteiger partial charge in [0, 0.05) is 12.5 Å². The van der Waals surface area contributed by atoms with Crippen molar-refractivity contribution in [2.45, 2.75) is 37.5 Å². The molecule has 34 heavy (non-hydrogen) atoms. The van der Waals surface area contributed by atoms with Gasteiger partial charge >= 0.3 is 5.97 Å². The molecule has 0 unspecified atom stereocenters. The smallest absolute Gasteiger partial charge is 0.341 e. The normalized spacial score (nSPS) is 18.9. The first-order valence-corrected chi connectivity index (χ1v) is 13.0. The van der Waals surface area contributed by atoms with Gasteiger partial charge in [-0.3, -0.25) is 4.72 Å². The summed E-state index contributed by atoms with van der Waals surface area (Å²) in [6, 6.07) is 6.61. The van der Waals surface area contributed by atoms with Gasteiger partial charge in [-0.15, -0.1) is 0 Å². The summed E-state index contributed by atoms with van der Waals surface area (Å²) in [5.74, 6) is -0.953. The lowest BCUT2D eigenvalue weighted by Gasteiger charge is -2.21. The zero-order valence-corrected chi connectivity index (χ0v) is 20.1. The maximum absolute atomic E-state index is 14.0. The molecule has 7 nitrogen and oxygen atoms in total. The van der Waals surface area contributed by atoms with E-state index in [0.717, 1.165) is 43.8 Å². The van der Waals surface area contributed by atoms with Gasteiger partial charge in [-0.2, -0.15) is 0 Å². The van der Waals surface area contributed by atoms with Gasteiger partial charge < -0.3 is 14.7 Å². The first-order valence-electron chi connectivity index (χ1n) is 11.5. The third kappa shape index (κ3) is 4.95. The van der Waals surface area contributed by atoms with E-state index in [2.05, 4.69) is 23.5 Å². The maximum Gasteiger partial charge on any atom is 0.341 e. The van der Waals surface area contributed by atoms with Gasteiger partial charge in [0.05, 0.1) is 17.2 Å². The largest absolute Gasteiger partial charge is 0.492 e. The zero-order valence-electron chi connectivity index (χ0n) is 19.3. The van der Waals surface area contributed by atoms with E-state index < -0.39 is 21.8 Å². The van der Waals surface area contributed by atoms with Crippen molar-refractivity contribution in [3.63, 3.8) is 0 Å². The highest BCUT2D eigenvalue weighted by Gasteiger charge is 2.45. The fourth-order valence-electron chi connectivity index (χ4n) is 4.45. The van der Waals surface area contributed by atoms with E-state index in [0.29, 0.717) is 18.9 Å². The van der Waals surface area contributed by atoms with Crippen molar-refractivity contribution in [2.24, 2.45) is 5.92 Å². The lowest BCUT2D eigenvalue weighted by molar-refractivity contribution is 0.0692. The van der Waals surface area contributed by atoms with Crippen molar-refractivity contribution in [3.05, 3.63) is 58.9 Å². The summed E-state index contributed by atoms with van der Waals surface area (Å²) in [7, 11) is -4.21. The van der Waals surface area contributed by atoms with Crippen LogP contribution in [0.1, 0.15) is 54.1 Å². The average Bonchev–Trinajstić information content (AvgIpc) is 3.58. The molecule has 1 fully saturated rings. The highest BCUT2D eigenvalue weighted by Crippen LogP contribution is 2.55. The van der Waals surface area contributed by atoms with Crippen LogP contribution in [0.25, 0.3) is 6.08 Å². The molecule has 2 aliphatic rings. The summed E-state index contributed by atoms with van der Waals surface area (Å²) in [6.07, 6.45) is 5.02. The summed E-state index contributed by atoms with van der Waals surface area (Å²) in [5.41, 5.74) is 0.713. The predicted octanol–water partition coefficient (Wildman–Crippen LogP) is 4.57. The quantitative estimate of drug-likeness (QED) is 0.509. The minimum Gasteiger partial charge on any atom is -0.492 e. The fourth-order valence-corrected chi connectivity index (χ4v) is 5.70. The number of ether oxygens (including phenoxy) is 1. The summed E-state index contributed by atoms with van der Waals surface area (Å²) < 4.78 is 48.6. The number of carboxylic acid groups (broad SMARTS) is 1. The van der Waals surface area contributed by atoms with Crippen LogP contribution in [-0.2, 0) is 10.0 Å². The lowest BCUT2D eigenvalue weighted by atomic mass is 10.0. The van der Waals surface area contributed by atoms with Crippen LogP contribution in [0.5, 0.6) is 5.75 Å². The molecule has 2 N–H and O–H groups in total. The van der Waals surface area contributed by atoms with Crippen LogP contribution in [0.2, 0.25) is 0 Å². The number of fused-ring (bicyclic) bond motifs is 3. The number of rotatable bonds is 10. The zero-order chi connectivity index (χ0) is 24.5. The van der Waals surface area contributed by atoms with Crippen molar-refractivity contribution in [2.75, 3.05) is 31.0 Å². The standard InChI is InChI=1S/C25H29FN2O5S/c1-3-28(4-2)12-6-5-7-16-13-18(26)8-11-22(16)34(31,32)27-21-10-9-19-20-14-17(20)15-33-24(19)23(21)25(29)30/h5,7-11,13,17,20,27H,3-4,6,12,14-15H2,1-2H3,(H,29,30)/t17-,20-/m0/s1. The molecule has 2 aromatic carbocycles.